The molecule has 1 aromatic carbocycles. The van der Waals surface area contributed by atoms with Gasteiger partial charge in [0.15, 0.2) is 0 Å². The Morgan fingerprint density at radius 3 is 2.71 bits per heavy atom. The zero-order valence-electron chi connectivity index (χ0n) is 11.6. The molecule has 1 unspecified atom stereocenters. The Kier molecular flexibility index (Phi) is 5.13. The van der Waals surface area contributed by atoms with Gasteiger partial charge >= 0.3 is 6.09 Å². The first kappa shape index (κ1) is 16.1. The number of carbonyl (C=O) groups is 1. The molecular weight excluding hydrogens is 314 g/mol. The molecule has 1 fully saturated rings. The predicted octanol–water partition coefficient (Wildman–Crippen LogP) is 1.80. The molecule has 1 N–H and O–H groups in total. The summed E-state index contributed by atoms with van der Waals surface area (Å²) in [6.45, 7) is 2.72. The number of nitrogens with zero attached hydrogens (tertiary/aromatic N) is 1. The molecule has 1 amide bonds. The van der Waals surface area contributed by atoms with Crippen molar-refractivity contribution in [3.63, 3.8) is 0 Å². The molecule has 1 aromatic rings. The number of morpholine rings is 1. The first-order valence-electron chi connectivity index (χ1n) is 6.43. The van der Waals surface area contributed by atoms with Crippen molar-refractivity contribution in [1.29, 1.82) is 0 Å². The van der Waals surface area contributed by atoms with Gasteiger partial charge < -0.3 is 9.84 Å². The lowest BCUT2D eigenvalue weighted by Gasteiger charge is -2.32. The topological polar surface area (TPSA) is 83.9 Å². The fourth-order valence-corrected chi connectivity index (χ4v) is 4.95. The monoisotopic (exact) mass is 331 g/mol. The van der Waals surface area contributed by atoms with E-state index in [1.807, 2.05) is 6.92 Å². The number of aryl methyl sites for hydroxylation is 1. The SMILES string of the molecule is Cc1ccc(S(=O)(=O)SCC2COCCN2C(=O)O)cc1. The number of rotatable bonds is 4. The first-order valence-corrected chi connectivity index (χ1v) is 9.42. The van der Waals surface area contributed by atoms with Crippen LogP contribution in [0, 0.1) is 6.92 Å². The molecule has 0 spiro atoms. The van der Waals surface area contributed by atoms with Gasteiger partial charge in [-0.1, -0.05) is 17.7 Å². The predicted molar refractivity (Wildman–Crippen MR) is 80.2 cm³/mol. The minimum absolute atomic E-state index is 0.155. The number of ether oxygens (including phenoxy) is 1. The van der Waals surface area contributed by atoms with Crippen LogP contribution < -0.4 is 0 Å². The van der Waals surface area contributed by atoms with E-state index < -0.39 is 21.0 Å². The smallest absolute Gasteiger partial charge is 0.407 e. The maximum atomic E-state index is 12.2. The van der Waals surface area contributed by atoms with Gasteiger partial charge in [-0.05, 0) is 29.9 Å². The van der Waals surface area contributed by atoms with Crippen LogP contribution in [-0.4, -0.2) is 56.1 Å². The van der Waals surface area contributed by atoms with Crippen LogP contribution in [0.4, 0.5) is 4.79 Å². The third-order valence-corrected chi connectivity index (χ3v) is 6.80. The molecule has 0 radical (unpaired) electrons. The van der Waals surface area contributed by atoms with E-state index in [-0.39, 0.29) is 23.8 Å². The Labute approximate surface area is 127 Å². The molecule has 0 aromatic heterocycles. The van der Waals surface area contributed by atoms with Crippen LogP contribution in [-0.2, 0) is 13.6 Å². The summed E-state index contributed by atoms with van der Waals surface area (Å²) in [6.07, 6.45) is -1.04. The lowest BCUT2D eigenvalue weighted by atomic mass is 10.2. The normalized spacial score (nSPS) is 19.5. The summed E-state index contributed by atoms with van der Waals surface area (Å²) in [5.74, 6) is 0.155. The second-order valence-electron chi connectivity index (χ2n) is 4.76. The van der Waals surface area contributed by atoms with E-state index in [9.17, 15) is 13.2 Å². The zero-order chi connectivity index (χ0) is 15.5. The van der Waals surface area contributed by atoms with Gasteiger partial charge in [0.2, 0.25) is 8.87 Å². The highest BCUT2D eigenvalue weighted by Gasteiger charge is 2.29. The molecule has 21 heavy (non-hydrogen) atoms. The Morgan fingerprint density at radius 2 is 2.10 bits per heavy atom. The summed E-state index contributed by atoms with van der Waals surface area (Å²) in [5, 5.41) is 9.10. The van der Waals surface area contributed by atoms with Crippen LogP contribution in [0.25, 0.3) is 0 Å². The Hall–Kier alpha value is -1.25. The molecule has 8 heteroatoms. The van der Waals surface area contributed by atoms with Crippen molar-refractivity contribution in [2.75, 3.05) is 25.5 Å². The van der Waals surface area contributed by atoms with E-state index >= 15 is 0 Å². The highest BCUT2D eigenvalue weighted by Crippen LogP contribution is 2.26. The van der Waals surface area contributed by atoms with Crippen LogP contribution in [0.3, 0.4) is 0 Å². The lowest BCUT2D eigenvalue weighted by Crippen LogP contribution is -2.49. The molecule has 0 bridgehead atoms. The van der Waals surface area contributed by atoms with E-state index in [0.717, 1.165) is 16.4 Å². The zero-order valence-corrected chi connectivity index (χ0v) is 13.2. The van der Waals surface area contributed by atoms with Gasteiger partial charge in [0, 0.05) is 12.3 Å². The van der Waals surface area contributed by atoms with Gasteiger partial charge in [0.25, 0.3) is 0 Å². The first-order chi connectivity index (χ1) is 9.90. The van der Waals surface area contributed by atoms with Crippen LogP contribution in [0.2, 0.25) is 0 Å². The van der Waals surface area contributed by atoms with Gasteiger partial charge in [-0.2, -0.15) is 0 Å². The van der Waals surface area contributed by atoms with Crippen molar-refractivity contribution < 1.29 is 23.1 Å². The van der Waals surface area contributed by atoms with Crippen LogP contribution in [0.15, 0.2) is 29.2 Å². The van der Waals surface area contributed by atoms with Crippen LogP contribution >= 0.6 is 10.8 Å². The summed E-state index contributed by atoms with van der Waals surface area (Å²) in [4.78, 5) is 12.6. The lowest BCUT2D eigenvalue weighted by molar-refractivity contribution is 0.00796. The second-order valence-corrected chi connectivity index (χ2v) is 8.73. The number of carboxylic acid groups (broad SMARTS) is 1. The fourth-order valence-electron chi connectivity index (χ4n) is 1.99. The van der Waals surface area contributed by atoms with E-state index in [1.165, 1.54) is 4.90 Å². The van der Waals surface area contributed by atoms with Crippen molar-refractivity contribution in [3.8, 4) is 0 Å². The fraction of sp³-hybridized carbons (Fsp3) is 0.462. The number of amides is 1. The summed E-state index contributed by atoms with van der Waals surface area (Å²) in [5.41, 5.74) is 0.983. The Morgan fingerprint density at radius 1 is 1.43 bits per heavy atom. The summed E-state index contributed by atoms with van der Waals surface area (Å²) in [6, 6.07) is 6.15. The Bertz CT molecular complexity index is 599. The van der Waals surface area contributed by atoms with E-state index in [0.29, 0.717) is 6.61 Å². The molecule has 1 heterocycles. The molecule has 2 rings (SSSR count). The maximum Gasteiger partial charge on any atom is 0.407 e. The van der Waals surface area contributed by atoms with E-state index in [2.05, 4.69) is 0 Å². The van der Waals surface area contributed by atoms with Crippen molar-refractivity contribution in [2.24, 2.45) is 0 Å². The third-order valence-electron chi connectivity index (χ3n) is 3.20. The minimum atomic E-state index is -3.48. The Balaban J connectivity index is 2.03. The molecule has 1 aliphatic heterocycles. The third kappa shape index (κ3) is 4.12. The maximum absolute atomic E-state index is 12.2. The number of benzene rings is 1. The van der Waals surface area contributed by atoms with Crippen molar-refractivity contribution in [3.05, 3.63) is 29.8 Å². The van der Waals surface area contributed by atoms with Crippen LogP contribution in [0.1, 0.15) is 5.56 Å². The molecular formula is C13H17NO5S2. The van der Waals surface area contributed by atoms with Gasteiger partial charge in [0.05, 0.1) is 24.2 Å². The number of hydrogen-bond donors (Lipinski definition) is 1. The average molecular weight is 331 g/mol. The summed E-state index contributed by atoms with van der Waals surface area (Å²) < 4.78 is 29.7. The molecule has 0 aliphatic carbocycles. The quantitative estimate of drug-likeness (QED) is 0.847. The van der Waals surface area contributed by atoms with Gasteiger partial charge in [-0.25, -0.2) is 13.2 Å². The minimum Gasteiger partial charge on any atom is -0.465 e. The van der Waals surface area contributed by atoms with Gasteiger partial charge in [0.1, 0.15) is 0 Å². The van der Waals surface area contributed by atoms with Crippen molar-refractivity contribution in [1.82, 2.24) is 4.90 Å². The average Bonchev–Trinajstić information content (AvgIpc) is 2.46. The molecule has 1 aliphatic rings. The van der Waals surface area contributed by atoms with Gasteiger partial charge in [-0.3, -0.25) is 4.90 Å². The number of hydrogen-bond acceptors (Lipinski definition) is 5. The summed E-state index contributed by atoms with van der Waals surface area (Å²) >= 11 is 0. The van der Waals surface area contributed by atoms with E-state index in [4.69, 9.17) is 9.84 Å². The molecule has 1 atom stereocenters. The standard InChI is InChI=1S/C13H17NO5S2/c1-10-2-4-12(5-3-10)21(17,18)20-9-11-8-19-7-6-14(11)13(15)16/h2-5,11H,6-9H2,1H3,(H,15,16). The molecule has 0 saturated carbocycles. The summed E-state index contributed by atoms with van der Waals surface area (Å²) in [7, 11) is -2.73. The van der Waals surface area contributed by atoms with Crippen molar-refractivity contribution >= 4 is 25.8 Å². The second kappa shape index (κ2) is 6.67. The van der Waals surface area contributed by atoms with Crippen molar-refractivity contribution in [2.45, 2.75) is 17.9 Å². The molecule has 1 saturated heterocycles. The highest BCUT2D eigenvalue weighted by molar-refractivity contribution is 8.72. The molecule has 116 valence electrons. The van der Waals surface area contributed by atoms with E-state index in [1.54, 1.807) is 24.3 Å². The van der Waals surface area contributed by atoms with Gasteiger partial charge in [-0.15, -0.1) is 0 Å². The largest absolute Gasteiger partial charge is 0.465 e. The highest BCUT2D eigenvalue weighted by atomic mass is 33.1. The molecule has 6 nitrogen and oxygen atoms in total. The van der Waals surface area contributed by atoms with Crippen LogP contribution in [0.5, 0.6) is 0 Å².